The number of pyridine rings is 6. The van der Waals surface area contributed by atoms with E-state index in [4.69, 9.17) is 10.8 Å². The van der Waals surface area contributed by atoms with Crippen molar-refractivity contribution in [2.24, 2.45) is 35.3 Å². The highest BCUT2D eigenvalue weighted by Crippen LogP contribution is 2.44. The molecule has 26 nitrogen and oxygen atoms in total. The van der Waals surface area contributed by atoms with Crippen LogP contribution in [-0.4, -0.2) is 169 Å². The van der Waals surface area contributed by atoms with Crippen LogP contribution in [0.1, 0.15) is 102 Å². The average Bonchev–Trinajstić information content (AvgIpc) is 1.79. The highest BCUT2D eigenvalue weighted by molar-refractivity contribution is 6.07. The second kappa shape index (κ2) is 27.5. The van der Waals surface area contributed by atoms with Gasteiger partial charge in [-0.2, -0.15) is 0 Å². The van der Waals surface area contributed by atoms with Crippen LogP contribution in [0.2, 0.25) is 0 Å². The summed E-state index contributed by atoms with van der Waals surface area (Å²) in [5, 5.41) is 45.3. The van der Waals surface area contributed by atoms with E-state index < -0.39 is 5.97 Å². The van der Waals surface area contributed by atoms with Crippen LogP contribution in [0.5, 0.6) is 0 Å². The monoisotopic (exact) mass is 1240 g/mol. The quantitative estimate of drug-likeness (QED) is 0.0456. The van der Waals surface area contributed by atoms with Gasteiger partial charge in [-0.15, -0.1) is 0 Å². The van der Waals surface area contributed by atoms with E-state index in [2.05, 4.69) is 60.6 Å². The Labute approximate surface area is 525 Å². The normalized spacial score (nSPS) is 20.3. The van der Waals surface area contributed by atoms with E-state index in [-0.39, 0.29) is 91.2 Å². The van der Waals surface area contributed by atoms with Crippen LogP contribution in [0.25, 0.3) is 0 Å². The molecule has 6 atom stereocenters. The SMILES string of the molecule is NC(CO)C1CC1.O=C(CC(CO)C1CC1)c1ccc2c(n1)N(C(=O)Nc1ccccn1)[C@H]1CCN2C1.O=C(CC(CO)C1CC1)c1ccc2c(n1)N(C(=O)Nc1ccccn1)[C@H]1CCN2C1.O=C(O)c1ccc2c(n1)N(C(=O)Nc1ccccn1)[C@H]1CCN2C1. The first-order valence-electron chi connectivity index (χ1n) is 31.4. The number of carbonyl (C=O) groups excluding carboxylic acids is 5. The van der Waals surface area contributed by atoms with Gasteiger partial charge in [-0.3, -0.25) is 40.2 Å². The predicted molar refractivity (Wildman–Crippen MR) is 341 cm³/mol. The van der Waals surface area contributed by atoms with Gasteiger partial charge in [-0.1, -0.05) is 18.2 Å². The number of hydrogen-bond donors (Lipinski definition) is 8. The zero-order valence-corrected chi connectivity index (χ0v) is 50.4. The first-order chi connectivity index (χ1) is 44.2. The van der Waals surface area contributed by atoms with Gasteiger partial charge >= 0.3 is 24.1 Å². The lowest BCUT2D eigenvalue weighted by molar-refractivity contribution is 0.0689. The largest absolute Gasteiger partial charge is 0.477 e. The molecular formula is C65H76N16O10. The van der Waals surface area contributed by atoms with Crippen molar-refractivity contribution in [1.82, 2.24) is 29.9 Å². The molecule has 12 heterocycles. The fourth-order valence-electron chi connectivity index (χ4n) is 12.9. The Morgan fingerprint density at radius 1 is 0.451 bits per heavy atom. The van der Waals surface area contributed by atoms with E-state index in [0.29, 0.717) is 76.9 Å². The number of carboxylic acids is 1. The zero-order valence-electron chi connectivity index (χ0n) is 50.4. The Morgan fingerprint density at radius 3 is 1.08 bits per heavy atom. The Hall–Kier alpha value is -9.24. The maximum absolute atomic E-state index is 13.1. The number of nitrogens with one attached hydrogen (secondary N) is 3. The van der Waals surface area contributed by atoms with Gasteiger partial charge in [-0.25, -0.2) is 49.1 Å². The Balaban J connectivity index is 0.000000126. The van der Waals surface area contributed by atoms with E-state index in [1.807, 2.05) is 24.3 Å². The van der Waals surface area contributed by atoms with Gasteiger partial charge in [0.15, 0.2) is 34.7 Å². The number of carbonyl (C=O) groups is 6. The number of nitrogens with zero attached hydrogens (tertiary/aromatic N) is 12. The molecule has 91 heavy (non-hydrogen) atoms. The molecule has 0 spiro atoms. The zero-order chi connectivity index (χ0) is 63.3. The number of carboxylic acid groups (broad SMARTS) is 1. The highest BCUT2D eigenvalue weighted by Gasteiger charge is 2.44. The fourth-order valence-corrected chi connectivity index (χ4v) is 12.9. The van der Waals surface area contributed by atoms with Crippen LogP contribution >= 0.6 is 0 Å². The van der Waals surface area contributed by atoms with Crippen LogP contribution in [0.3, 0.4) is 0 Å². The van der Waals surface area contributed by atoms with Crippen molar-refractivity contribution >= 4 is 87.6 Å². The van der Waals surface area contributed by atoms with E-state index in [1.54, 1.807) is 94.0 Å². The molecule has 6 aromatic rings. The lowest BCUT2D eigenvalue weighted by Crippen LogP contribution is -2.48. The standard InChI is InChI=1S/2C22H25N5O3.C16H15N5O3.C5H11NO/c2*28-13-15(14-4-5-14)11-19(29)17-6-7-18-21(24-17)27(16-8-10-26(18)12-16)22(30)25-20-3-1-2-9-23-20;22-15(23)11-4-5-12-14(18-11)21(10-6-8-20(12)9-10)16(24)19-13-3-1-2-7-17-13;6-5(3-7)4-1-2-4/h2*1-3,6-7,9,14-16,28H,4-5,8,10-13H2,(H,23,25,30);1-5,7,10H,6,8-9H2,(H,22,23)(H,17,19,24);4-5,7H,1-3,6H2/t2*15?,16-;10-;/m000./s1. The fraction of sp³-hybridized carbons (Fsp3) is 0.446. The lowest BCUT2D eigenvalue weighted by Gasteiger charge is -2.35. The second-order valence-corrected chi connectivity index (χ2v) is 24.6. The van der Waals surface area contributed by atoms with Crippen molar-refractivity contribution in [1.29, 1.82) is 0 Å². The molecule has 3 saturated carbocycles. The number of hydrogen-bond acceptors (Lipinski definition) is 19. The van der Waals surface area contributed by atoms with Gasteiger partial charge in [-0.05, 0) is 160 Å². The number of amides is 6. The minimum Gasteiger partial charge on any atom is -0.477 e. The van der Waals surface area contributed by atoms with Crippen LogP contribution in [0, 0.1) is 29.6 Å². The number of urea groups is 3. The van der Waals surface area contributed by atoms with Crippen molar-refractivity contribution in [3.8, 4) is 0 Å². The number of rotatable bonds is 16. The summed E-state index contributed by atoms with van der Waals surface area (Å²) in [4.78, 5) is 113. The number of anilines is 9. The molecule has 0 aromatic carbocycles. The number of aliphatic hydroxyl groups excluding tert-OH is 3. The molecule has 3 unspecified atom stereocenters. The van der Waals surface area contributed by atoms with E-state index in [9.17, 15) is 44.1 Å². The third-order valence-corrected chi connectivity index (χ3v) is 18.4. The van der Waals surface area contributed by atoms with E-state index >= 15 is 0 Å². The molecule has 26 heteroatoms. The maximum atomic E-state index is 13.1. The molecule has 0 radical (unpaired) electrons. The molecule has 15 rings (SSSR count). The number of nitrogens with two attached hydrogens (primary N) is 1. The van der Waals surface area contributed by atoms with Crippen LogP contribution in [0.15, 0.2) is 110 Å². The number of aliphatic hydroxyl groups is 3. The highest BCUT2D eigenvalue weighted by atomic mass is 16.4. The topological polar surface area (TPSA) is 342 Å². The van der Waals surface area contributed by atoms with Gasteiger partial charge in [0, 0.05) is 90.0 Å². The Bertz CT molecular complexity index is 3460. The molecule has 3 saturated heterocycles. The first kappa shape index (κ1) is 62.0. The van der Waals surface area contributed by atoms with E-state index in [1.165, 1.54) is 18.9 Å². The average molecular weight is 1240 g/mol. The molecule has 3 aliphatic carbocycles. The summed E-state index contributed by atoms with van der Waals surface area (Å²) in [6.07, 6.45) is 14.7. The van der Waals surface area contributed by atoms with Gasteiger partial charge in [0.2, 0.25) is 0 Å². The van der Waals surface area contributed by atoms with Crippen molar-refractivity contribution in [2.45, 2.75) is 94.8 Å². The smallest absolute Gasteiger partial charge is 0.354 e. The van der Waals surface area contributed by atoms with Crippen LogP contribution in [0.4, 0.5) is 66.4 Å². The van der Waals surface area contributed by atoms with E-state index in [0.717, 1.165) is 101 Å². The van der Waals surface area contributed by atoms with Crippen molar-refractivity contribution in [3.05, 3.63) is 127 Å². The molecule has 6 fully saturated rings. The van der Waals surface area contributed by atoms with Crippen molar-refractivity contribution in [3.63, 3.8) is 0 Å². The summed E-state index contributed by atoms with van der Waals surface area (Å²) in [6.45, 7) is 4.96. The summed E-state index contributed by atoms with van der Waals surface area (Å²) in [5.74, 6) is 3.08. The number of aromatic carboxylic acids is 1. The maximum Gasteiger partial charge on any atom is 0.354 e. The lowest BCUT2D eigenvalue weighted by atomic mass is 9.96. The number of aromatic nitrogens is 6. The summed E-state index contributed by atoms with van der Waals surface area (Å²) in [6, 6.07) is 25.5. The predicted octanol–water partition coefficient (Wildman–Crippen LogP) is 6.92. The minimum atomic E-state index is -1.11. The summed E-state index contributed by atoms with van der Waals surface area (Å²) < 4.78 is 0. The summed E-state index contributed by atoms with van der Waals surface area (Å²) in [7, 11) is 0. The molecular weight excluding hydrogens is 1160 g/mol. The van der Waals surface area contributed by atoms with Gasteiger partial charge in [0.25, 0.3) is 0 Å². The van der Waals surface area contributed by atoms with Crippen LogP contribution < -0.4 is 51.1 Å². The Kier molecular flexibility index (Phi) is 18.7. The molecule has 6 aliphatic heterocycles. The summed E-state index contributed by atoms with van der Waals surface area (Å²) >= 11 is 0. The van der Waals surface area contributed by atoms with Gasteiger partial charge in [0.1, 0.15) is 28.8 Å². The minimum absolute atomic E-state index is 0.00109. The second-order valence-electron chi connectivity index (χ2n) is 24.6. The molecule has 9 N–H and O–H groups in total. The first-order valence-corrected chi connectivity index (χ1v) is 31.4. The van der Waals surface area contributed by atoms with Crippen LogP contribution in [-0.2, 0) is 0 Å². The molecule has 6 aromatic heterocycles. The van der Waals surface area contributed by atoms with Gasteiger partial charge in [0.05, 0.1) is 41.8 Å². The Morgan fingerprint density at radius 2 is 0.791 bits per heavy atom. The number of Topliss-reactive ketones (excluding diaryl/α,β-unsaturated/α-hetero) is 2. The number of fused-ring (bicyclic) bond motifs is 12. The molecule has 6 amide bonds. The number of ketones is 2. The molecule has 476 valence electrons. The summed E-state index contributed by atoms with van der Waals surface area (Å²) in [5.41, 5.74) is 8.58. The molecule has 9 aliphatic rings. The third-order valence-electron chi connectivity index (χ3n) is 18.4. The third kappa shape index (κ3) is 14.2. The van der Waals surface area contributed by atoms with Gasteiger partial charge < -0.3 is 40.9 Å². The van der Waals surface area contributed by atoms with Crippen molar-refractivity contribution < 1.29 is 49.2 Å². The molecule has 6 bridgehead atoms. The van der Waals surface area contributed by atoms with Crippen molar-refractivity contribution in [2.75, 3.05) is 104 Å².